The summed E-state index contributed by atoms with van der Waals surface area (Å²) < 4.78 is 0. The monoisotopic (exact) mass is 288 g/mol. The van der Waals surface area contributed by atoms with Crippen LogP contribution in [0, 0.1) is 13.8 Å². The molecule has 0 spiro atoms. The van der Waals surface area contributed by atoms with E-state index in [2.05, 4.69) is 20.8 Å². The first-order valence-corrected chi connectivity index (χ1v) is 6.35. The largest absolute Gasteiger partial charge is 0.478 e. The third-order valence-corrected chi connectivity index (χ3v) is 3.03. The van der Waals surface area contributed by atoms with Crippen LogP contribution in [0.5, 0.6) is 0 Å². The van der Waals surface area contributed by atoms with Gasteiger partial charge in [-0.15, -0.1) is 0 Å². The molecule has 0 bridgehead atoms. The third kappa shape index (κ3) is 3.59. The lowest BCUT2D eigenvalue weighted by Gasteiger charge is -2.10. The van der Waals surface area contributed by atoms with Crippen molar-refractivity contribution in [1.29, 1.82) is 0 Å². The summed E-state index contributed by atoms with van der Waals surface area (Å²) in [6.07, 6.45) is 1.63. The molecule has 4 N–H and O–H groups in total. The zero-order valence-corrected chi connectivity index (χ0v) is 11.7. The molecule has 0 aliphatic rings. The van der Waals surface area contributed by atoms with Crippen LogP contribution in [0.4, 0.5) is 10.5 Å². The van der Waals surface area contributed by atoms with Crippen molar-refractivity contribution in [3.63, 3.8) is 0 Å². The number of rotatable bonds is 4. The molecule has 7 nitrogen and oxygen atoms in total. The van der Waals surface area contributed by atoms with Crippen molar-refractivity contribution in [1.82, 2.24) is 15.5 Å². The van der Waals surface area contributed by atoms with Gasteiger partial charge >= 0.3 is 12.0 Å². The van der Waals surface area contributed by atoms with Crippen molar-refractivity contribution in [3.8, 4) is 0 Å². The predicted octanol–water partition coefficient (Wildman–Crippen LogP) is 2.05. The number of carboxylic acid groups (broad SMARTS) is 1. The number of carboxylic acids is 1. The Morgan fingerprint density at radius 3 is 2.71 bits per heavy atom. The van der Waals surface area contributed by atoms with Gasteiger partial charge in [-0.3, -0.25) is 5.10 Å². The fourth-order valence-corrected chi connectivity index (χ4v) is 1.84. The third-order valence-electron chi connectivity index (χ3n) is 3.03. The number of hydrogen-bond donors (Lipinski definition) is 4. The number of H-pyrrole nitrogens is 1. The maximum atomic E-state index is 11.8. The van der Waals surface area contributed by atoms with Crippen LogP contribution in [0.25, 0.3) is 0 Å². The first-order valence-electron chi connectivity index (χ1n) is 6.35. The van der Waals surface area contributed by atoms with E-state index in [4.69, 9.17) is 5.11 Å². The average Bonchev–Trinajstić information content (AvgIpc) is 2.84. The van der Waals surface area contributed by atoms with Gasteiger partial charge in [0, 0.05) is 17.8 Å². The Morgan fingerprint density at radius 1 is 1.33 bits per heavy atom. The highest BCUT2D eigenvalue weighted by Gasteiger charge is 2.12. The fourth-order valence-electron chi connectivity index (χ4n) is 1.84. The molecule has 2 amide bonds. The lowest BCUT2D eigenvalue weighted by atomic mass is 10.1. The van der Waals surface area contributed by atoms with Gasteiger partial charge in [0.15, 0.2) is 0 Å². The highest BCUT2D eigenvalue weighted by molar-refractivity contribution is 6.00. The van der Waals surface area contributed by atoms with Gasteiger partial charge < -0.3 is 15.7 Å². The van der Waals surface area contributed by atoms with E-state index in [1.54, 1.807) is 25.3 Å². The van der Waals surface area contributed by atoms with Gasteiger partial charge in [0.25, 0.3) is 0 Å². The summed E-state index contributed by atoms with van der Waals surface area (Å²) in [6.45, 7) is 3.95. The van der Waals surface area contributed by atoms with Crippen molar-refractivity contribution in [3.05, 3.63) is 46.8 Å². The summed E-state index contributed by atoms with van der Waals surface area (Å²) in [4.78, 5) is 23.0. The summed E-state index contributed by atoms with van der Waals surface area (Å²) in [7, 11) is 0. The van der Waals surface area contributed by atoms with Gasteiger partial charge in [0.2, 0.25) is 0 Å². The van der Waals surface area contributed by atoms with Crippen LogP contribution < -0.4 is 10.6 Å². The van der Waals surface area contributed by atoms with Gasteiger partial charge in [-0.2, -0.15) is 5.10 Å². The minimum Gasteiger partial charge on any atom is -0.478 e. The van der Waals surface area contributed by atoms with Crippen molar-refractivity contribution in [2.75, 3.05) is 5.32 Å². The number of carbonyl (C=O) groups excluding carboxylic acids is 1. The first kappa shape index (κ1) is 14.6. The number of aromatic carboxylic acids is 1. The Balaban J connectivity index is 2.03. The first-order chi connectivity index (χ1) is 9.97. The van der Waals surface area contributed by atoms with Gasteiger partial charge in [-0.05, 0) is 26.0 Å². The van der Waals surface area contributed by atoms with Crippen LogP contribution in [0.3, 0.4) is 0 Å². The van der Waals surface area contributed by atoms with E-state index < -0.39 is 12.0 Å². The summed E-state index contributed by atoms with van der Waals surface area (Å²) >= 11 is 0. The van der Waals surface area contributed by atoms with E-state index in [-0.39, 0.29) is 11.3 Å². The van der Waals surface area contributed by atoms with Gasteiger partial charge in [0.05, 0.1) is 17.4 Å². The summed E-state index contributed by atoms with van der Waals surface area (Å²) in [5, 5.41) is 21.0. The topological polar surface area (TPSA) is 107 Å². The molecule has 2 rings (SSSR count). The van der Waals surface area contributed by atoms with Crippen molar-refractivity contribution in [2.24, 2.45) is 0 Å². The Labute approximate surface area is 121 Å². The Morgan fingerprint density at radius 2 is 2.10 bits per heavy atom. The molecule has 0 aliphatic heterocycles. The molecular formula is C14H16N4O3. The molecule has 0 unspecified atom stereocenters. The number of benzene rings is 1. The van der Waals surface area contributed by atoms with Crippen molar-refractivity contribution in [2.45, 2.75) is 20.4 Å². The van der Waals surface area contributed by atoms with E-state index >= 15 is 0 Å². The van der Waals surface area contributed by atoms with E-state index in [9.17, 15) is 9.59 Å². The normalized spacial score (nSPS) is 10.2. The number of nitrogens with zero attached hydrogens (tertiary/aromatic N) is 1. The number of nitrogens with one attached hydrogen (secondary N) is 3. The molecule has 1 aromatic carbocycles. The van der Waals surface area contributed by atoms with E-state index in [1.165, 1.54) is 6.07 Å². The van der Waals surface area contributed by atoms with Crippen molar-refractivity contribution >= 4 is 17.7 Å². The molecule has 0 fully saturated rings. The van der Waals surface area contributed by atoms with Crippen LogP contribution in [-0.2, 0) is 6.54 Å². The molecule has 110 valence electrons. The maximum absolute atomic E-state index is 11.8. The number of aromatic amines is 1. The molecule has 0 aliphatic carbocycles. The quantitative estimate of drug-likeness (QED) is 0.690. The van der Waals surface area contributed by atoms with Crippen LogP contribution in [0.2, 0.25) is 0 Å². The predicted molar refractivity (Wildman–Crippen MR) is 77.3 cm³/mol. The minimum atomic E-state index is -1.08. The molecule has 0 radical (unpaired) electrons. The zero-order chi connectivity index (χ0) is 15.4. The second-order valence-corrected chi connectivity index (χ2v) is 4.68. The highest BCUT2D eigenvalue weighted by Crippen LogP contribution is 2.17. The Hall–Kier alpha value is -2.83. The molecule has 2 aromatic rings. The maximum Gasteiger partial charge on any atom is 0.337 e. The van der Waals surface area contributed by atoms with Gasteiger partial charge in [-0.1, -0.05) is 11.6 Å². The van der Waals surface area contributed by atoms with Crippen LogP contribution in [0.1, 0.15) is 27.2 Å². The minimum absolute atomic E-state index is 0.0599. The smallest absolute Gasteiger partial charge is 0.337 e. The SMILES string of the molecule is Cc1ccc(NC(=O)NCc2cn[nH]c2C)c(C(=O)O)c1. The van der Waals surface area contributed by atoms with Crippen LogP contribution in [0.15, 0.2) is 24.4 Å². The number of hydrogen-bond acceptors (Lipinski definition) is 3. The molecular weight excluding hydrogens is 272 g/mol. The number of aromatic nitrogens is 2. The molecule has 0 atom stereocenters. The summed E-state index contributed by atoms with van der Waals surface area (Å²) in [5.41, 5.74) is 2.87. The number of aryl methyl sites for hydroxylation is 2. The standard InChI is InChI=1S/C14H16N4O3/c1-8-3-4-12(11(5-8)13(19)20)17-14(21)15-6-10-7-16-18-9(10)2/h3-5,7H,6H2,1-2H3,(H,16,18)(H,19,20)(H2,15,17,21). The highest BCUT2D eigenvalue weighted by atomic mass is 16.4. The number of amides is 2. The van der Waals surface area contributed by atoms with E-state index in [0.29, 0.717) is 6.54 Å². The number of anilines is 1. The molecule has 1 heterocycles. The van der Waals surface area contributed by atoms with Crippen LogP contribution >= 0.6 is 0 Å². The fraction of sp³-hybridized carbons (Fsp3) is 0.214. The average molecular weight is 288 g/mol. The molecule has 1 aromatic heterocycles. The molecule has 21 heavy (non-hydrogen) atoms. The Bertz CT molecular complexity index is 679. The summed E-state index contributed by atoms with van der Waals surface area (Å²) in [5.74, 6) is -1.08. The van der Waals surface area contributed by atoms with Crippen LogP contribution in [-0.4, -0.2) is 27.3 Å². The number of carbonyl (C=O) groups is 2. The molecule has 0 saturated heterocycles. The van der Waals surface area contributed by atoms with Gasteiger partial charge in [-0.25, -0.2) is 9.59 Å². The molecule has 0 saturated carbocycles. The second kappa shape index (κ2) is 6.08. The lowest BCUT2D eigenvalue weighted by molar-refractivity contribution is 0.0698. The number of urea groups is 1. The summed E-state index contributed by atoms with van der Waals surface area (Å²) in [6, 6.07) is 4.35. The van der Waals surface area contributed by atoms with Gasteiger partial charge in [0.1, 0.15) is 0 Å². The zero-order valence-electron chi connectivity index (χ0n) is 11.7. The molecule has 7 heteroatoms. The van der Waals surface area contributed by atoms with E-state index in [0.717, 1.165) is 16.8 Å². The Kier molecular flexibility index (Phi) is 4.22. The van der Waals surface area contributed by atoms with E-state index in [1.807, 2.05) is 6.92 Å². The second-order valence-electron chi connectivity index (χ2n) is 4.68. The lowest BCUT2D eigenvalue weighted by Crippen LogP contribution is -2.29. The van der Waals surface area contributed by atoms with Crippen molar-refractivity contribution < 1.29 is 14.7 Å².